The van der Waals surface area contributed by atoms with Crippen LogP contribution in [0.15, 0.2) is 18.2 Å². The fourth-order valence-electron chi connectivity index (χ4n) is 2.47. The van der Waals surface area contributed by atoms with Crippen LogP contribution in [0.4, 0.5) is 5.69 Å². The lowest BCUT2D eigenvalue weighted by molar-refractivity contribution is 0.687. The smallest absolute Gasteiger partial charge is 0.0471 e. The number of benzene rings is 1. The van der Waals surface area contributed by atoms with Gasteiger partial charge in [0.25, 0.3) is 0 Å². The van der Waals surface area contributed by atoms with Gasteiger partial charge in [-0.1, -0.05) is 24.6 Å². The molecule has 1 unspecified atom stereocenters. The number of thioether (sulfide) groups is 1. The zero-order valence-electron chi connectivity index (χ0n) is 11.4. The van der Waals surface area contributed by atoms with Crippen molar-refractivity contribution in [3.63, 3.8) is 0 Å². The van der Waals surface area contributed by atoms with Crippen LogP contribution < -0.4 is 10.2 Å². The molecule has 1 saturated carbocycles. The second-order valence-corrected chi connectivity index (χ2v) is 7.51. The van der Waals surface area contributed by atoms with Crippen molar-refractivity contribution in [2.75, 3.05) is 23.7 Å². The molecule has 2 nitrogen and oxygen atoms in total. The van der Waals surface area contributed by atoms with Gasteiger partial charge in [0.05, 0.1) is 0 Å². The van der Waals surface area contributed by atoms with Crippen LogP contribution in [0.5, 0.6) is 0 Å². The Hall–Kier alpha value is -0.380. The number of rotatable bonds is 4. The van der Waals surface area contributed by atoms with Gasteiger partial charge in [0, 0.05) is 47.4 Å². The van der Waals surface area contributed by atoms with Crippen molar-refractivity contribution in [3.05, 3.63) is 28.8 Å². The summed E-state index contributed by atoms with van der Waals surface area (Å²) in [5, 5.41) is 5.13. The first-order valence-corrected chi connectivity index (χ1v) is 8.53. The van der Waals surface area contributed by atoms with Gasteiger partial charge >= 0.3 is 0 Å². The number of hydrogen-bond acceptors (Lipinski definition) is 3. The van der Waals surface area contributed by atoms with Crippen LogP contribution in [0, 0.1) is 0 Å². The van der Waals surface area contributed by atoms with Gasteiger partial charge in [0.1, 0.15) is 0 Å². The number of halogens is 1. The Labute approximate surface area is 124 Å². The molecule has 1 aliphatic heterocycles. The molecule has 19 heavy (non-hydrogen) atoms. The lowest BCUT2D eigenvalue weighted by Gasteiger charge is -2.32. The Morgan fingerprint density at radius 2 is 2.26 bits per heavy atom. The highest BCUT2D eigenvalue weighted by Gasteiger charge is 2.21. The van der Waals surface area contributed by atoms with Gasteiger partial charge in [0.15, 0.2) is 0 Å². The molecule has 4 heteroatoms. The second kappa shape index (κ2) is 5.94. The molecule has 3 rings (SSSR count). The molecule has 1 saturated heterocycles. The fraction of sp³-hybridized carbons (Fsp3) is 0.600. The lowest BCUT2D eigenvalue weighted by Crippen LogP contribution is -2.36. The molecule has 1 N–H and O–H groups in total. The summed E-state index contributed by atoms with van der Waals surface area (Å²) in [5.41, 5.74) is 2.49. The van der Waals surface area contributed by atoms with Crippen LogP contribution in [0.1, 0.15) is 25.3 Å². The topological polar surface area (TPSA) is 15.3 Å². The van der Waals surface area contributed by atoms with E-state index >= 15 is 0 Å². The van der Waals surface area contributed by atoms with Crippen LogP contribution in [-0.2, 0) is 6.54 Å². The van der Waals surface area contributed by atoms with E-state index in [-0.39, 0.29) is 0 Å². The average Bonchev–Trinajstić information content (AvgIpc) is 3.21. The van der Waals surface area contributed by atoms with Crippen molar-refractivity contribution in [2.45, 2.75) is 37.6 Å². The molecule has 0 amide bonds. The number of nitrogens with one attached hydrogen (secondary N) is 1. The van der Waals surface area contributed by atoms with E-state index in [9.17, 15) is 0 Å². The Kier molecular flexibility index (Phi) is 4.25. The molecule has 1 aromatic carbocycles. The van der Waals surface area contributed by atoms with Crippen molar-refractivity contribution < 1.29 is 0 Å². The van der Waals surface area contributed by atoms with Gasteiger partial charge in [-0.15, -0.1) is 0 Å². The molecule has 0 bridgehead atoms. The summed E-state index contributed by atoms with van der Waals surface area (Å²) in [7, 11) is 0. The van der Waals surface area contributed by atoms with E-state index in [0.717, 1.165) is 30.7 Å². The molecule has 2 fully saturated rings. The van der Waals surface area contributed by atoms with Gasteiger partial charge in [-0.05, 0) is 30.5 Å². The van der Waals surface area contributed by atoms with E-state index < -0.39 is 0 Å². The zero-order valence-corrected chi connectivity index (χ0v) is 12.9. The molecule has 1 atom stereocenters. The van der Waals surface area contributed by atoms with Crippen molar-refractivity contribution in [3.8, 4) is 0 Å². The average molecular weight is 297 g/mol. The SMILES string of the molecule is CC1CN(c2ccc(CNC3CC3)c(Cl)c2)CCS1. The maximum absolute atomic E-state index is 6.42. The summed E-state index contributed by atoms with van der Waals surface area (Å²) in [6, 6.07) is 7.27. The van der Waals surface area contributed by atoms with E-state index in [1.807, 2.05) is 0 Å². The molecule has 2 aliphatic rings. The van der Waals surface area contributed by atoms with Crippen LogP contribution in [0.25, 0.3) is 0 Å². The highest BCUT2D eigenvalue weighted by Crippen LogP contribution is 2.28. The summed E-state index contributed by atoms with van der Waals surface area (Å²) in [5.74, 6) is 1.21. The van der Waals surface area contributed by atoms with Gasteiger partial charge in [-0.2, -0.15) is 11.8 Å². The van der Waals surface area contributed by atoms with Crippen LogP contribution in [-0.4, -0.2) is 30.1 Å². The molecule has 1 aromatic rings. The van der Waals surface area contributed by atoms with Crippen molar-refractivity contribution in [2.24, 2.45) is 0 Å². The van der Waals surface area contributed by atoms with E-state index in [0.29, 0.717) is 5.25 Å². The summed E-state index contributed by atoms with van der Waals surface area (Å²) in [4.78, 5) is 2.45. The maximum Gasteiger partial charge on any atom is 0.0471 e. The third-order valence-electron chi connectivity index (χ3n) is 3.80. The molecular formula is C15H21ClN2S. The third kappa shape index (κ3) is 3.59. The van der Waals surface area contributed by atoms with E-state index in [1.54, 1.807) is 0 Å². The highest BCUT2D eigenvalue weighted by molar-refractivity contribution is 8.00. The van der Waals surface area contributed by atoms with Crippen LogP contribution >= 0.6 is 23.4 Å². The predicted octanol–water partition coefficient (Wildman–Crippen LogP) is 3.53. The molecule has 0 spiro atoms. The summed E-state index contributed by atoms with van der Waals surface area (Å²) >= 11 is 8.47. The minimum Gasteiger partial charge on any atom is -0.370 e. The number of hydrogen-bond donors (Lipinski definition) is 1. The Morgan fingerprint density at radius 3 is 2.95 bits per heavy atom. The van der Waals surface area contributed by atoms with E-state index in [4.69, 9.17) is 11.6 Å². The third-order valence-corrected chi connectivity index (χ3v) is 5.29. The molecule has 1 aliphatic carbocycles. The minimum absolute atomic E-state index is 0.712. The first-order chi connectivity index (χ1) is 9.22. The van der Waals surface area contributed by atoms with Gasteiger partial charge in [-0.25, -0.2) is 0 Å². The molecule has 0 aromatic heterocycles. The molecule has 104 valence electrons. The Bertz CT molecular complexity index is 448. The Morgan fingerprint density at radius 1 is 1.42 bits per heavy atom. The minimum atomic E-state index is 0.712. The van der Waals surface area contributed by atoms with Crippen molar-refractivity contribution in [1.82, 2.24) is 5.32 Å². The number of anilines is 1. The quantitative estimate of drug-likeness (QED) is 0.915. The summed E-state index contributed by atoms with van der Waals surface area (Å²) < 4.78 is 0. The van der Waals surface area contributed by atoms with Gasteiger partial charge in [-0.3, -0.25) is 0 Å². The van der Waals surface area contributed by atoms with Crippen molar-refractivity contribution in [1.29, 1.82) is 0 Å². The monoisotopic (exact) mass is 296 g/mol. The van der Waals surface area contributed by atoms with Crippen molar-refractivity contribution >= 4 is 29.1 Å². The fourth-order valence-corrected chi connectivity index (χ4v) is 3.73. The zero-order chi connectivity index (χ0) is 13.2. The summed E-state index contributed by atoms with van der Waals surface area (Å²) in [6.07, 6.45) is 2.64. The predicted molar refractivity (Wildman–Crippen MR) is 85.4 cm³/mol. The first kappa shape index (κ1) is 13.6. The Balaban J connectivity index is 1.67. The van der Waals surface area contributed by atoms with E-state index in [1.165, 1.54) is 29.8 Å². The second-order valence-electron chi connectivity index (χ2n) is 5.56. The number of nitrogens with zero attached hydrogens (tertiary/aromatic N) is 1. The van der Waals surface area contributed by atoms with Gasteiger partial charge in [0.2, 0.25) is 0 Å². The normalized spacial score (nSPS) is 23.7. The van der Waals surface area contributed by atoms with E-state index in [2.05, 4.69) is 47.1 Å². The molecule has 0 radical (unpaired) electrons. The molecule has 1 heterocycles. The largest absolute Gasteiger partial charge is 0.370 e. The standard InChI is InChI=1S/C15H21ClN2S/c1-11-10-18(6-7-19-11)14-5-2-12(15(16)8-14)9-17-13-3-4-13/h2,5,8,11,13,17H,3-4,6-7,9-10H2,1H3. The highest BCUT2D eigenvalue weighted by atomic mass is 35.5. The maximum atomic E-state index is 6.42. The van der Waals surface area contributed by atoms with Crippen LogP contribution in [0.2, 0.25) is 5.02 Å². The lowest BCUT2D eigenvalue weighted by atomic mass is 10.2. The van der Waals surface area contributed by atoms with Gasteiger partial charge < -0.3 is 10.2 Å². The van der Waals surface area contributed by atoms with Crippen LogP contribution in [0.3, 0.4) is 0 Å². The molecular weight excluding hydrogens is 276 g/mol. The summed E-state index contributed by atoms with van der Waals surface area (Å²) in [6.45, 7) is 5.45. The first-order valence-electron chi connectivity index (χ1n) is 7.11.